The zero-order valence-corrected chi connectivity index (χ0v) is 8.40. The number of carbonyl (C=O) groups is 1. The molecule has 1 amide bonds. The van der Waals surface area contributed by atoms with E-state index in [0.717, 1.165) is 5.56 Å². The molecular weight excluding hydrogens is 192 g/mol. The summed E-state index contributed by atoms with van der Waals surface area (Å²) < 4.78 is 0. The van der Waals surface area contributed by atoms with Gasteiger partial charge in [-0.2, -0.15) is 5.26 Å². The zero-order valence-electron chi connectivity index (χ0n) is 8.40. The summed E-state index contributed by atoms with van der Waals surface area (Å²) in [6.45, 7) is 2.30. The van der Waals surface area contributed by atoms with Crippen LogP contribution in [0.25, 0.3) is 0 Å². The normalized spacial score (nSPS) is 11.5. The topological polar surface area (TPSA) is 73.1 Å². The fourth-order valence-corrected chi connectivity index (χ4v) is 1.24. The maximum absolute atomic E-state index is 10.3. The Morgan fingerprint density at radius 3 is 2.60 bits per heavy atom. The van der Waals surface area contributed by atoms with Gasteiger partial charge >= 0.3 is 6.09 Å². The Kier molecular flexibility index (Phi) is 3.69. The second-order valence-corrected chi connectivity index (χ2v) is 3.32. The summed E-state index contributed by atoms with van der Waals surface area (Å²) >= 11 is 0. The molecule has 0 aliphatic rings. The first-order valence-corrected chi connectivity index (χ1v) is 4.60. The van der Waals surface area contributed by atoms with E-state index in [9.17, 15) is 4.79 Å². The fraction of sp³-hybridized carbons (Fsp3) is 0.273. The summed E-state index contributed by atoms with van der Waals surface area (Å²) in [5.41, 5.74) is 1.62. The van der Waals surface area contributed by atoms with E-state index in [2.05, 4.69) is 5.32 Å². The molecule has 0 saturated heterocycles. The van der Waals surface area contributed by atoms with Crippen molar-refractivity contribution in [2.24, 2.45) is 0 Å². The molecule has 1 aromatic carbocycles. The lowest BCUT2D eigenvalue weighted by Crippen LogP contribution is -2.25. The van der Waals surface area contributed by atoms with Crippen molar-refractivity contribution in [1.29, 1.82) is 5.26 Å². The van der Waals surface area contributed by atoms with Gasteiger partial charge in [-0.1, -0.05) is 19.1 Å². The number of amides is 1. The number of rotatable bonds is 3. The molecule has 0 fully saturated rings. The average Bonchev–Trinajstić information content (AvgIpc) is 2.26. The number of hydrogen-bond donors (Lipinski definition) is 2. The maximum atomic E-state index is 10.3. The van der Waals surface area contributed by atoms with Gasteiger partial charge in [-0.05, 0) is 23.6 Å². The molecule has 0 radical (unpaired) electrons. The summed E-state index contributed by atoms with van der Waals surface area (Å²) in [7, 11) is 0. The van der Waals surface area contributed by atoms with Gasteiger partial charge in [0, 0.05) is 6.54 Å². The van der Waals surface area contributed by atoms with Crippen molar-refractivity contribution in [2.45, 2.75) is 12.8 Å². The van der Waals surface area contributed by atoms with Crippen LogP contribution in [0.15, 0.2) is 24.3 Å². The highest BCUT2D eigenvalue weighted by molar-refractivity contribution is 5.64. The molecule has 78 valence electrons. The Hall–Kier alpha value is -2.02. The van der Waals surface area contributed by atoms with Crippen molar-refractivity contribution < 1.29 is 9.90 Å². The van der Waals surface area contributed by atoms with Gasteiger partial charge in [0.1, 0.15) is 0 Å². The third-order valence-electron chi connectivity index (χ3n) is 2.17. The Bertz CT molecular complexity index is 379. The molecule has 15 heavy (non-hydrogen) atoms. The third-order valence-corrected chi connectivity index (χ3v) is 2.17. The van der Waals surface area contributed by atoms with Gasteiger partial charge in [0.15, 0.2) is 0 Å². The highest BCUT2D eigenvalue weighted by atomic mass is 16.4. The minimum atomic E-state index is -1.02. The van der Waals surface area contributed by atoms with Crippen LogP contribution >= 0.6 is 0 Å². The van der Waals surface area contributed by atoms with Crippen LogP contribution in [0, 0.1) is 11.3 Å². The Labute approximate surface area is 88.2 Å². The van der Waals surface area contributed by atoms with Crippen molar-refractivity contribution in [1.82, 2.24) is 5.32 Å². The van der Waals surface area contributed by atoms with Crippen LogP contribution in [0.1, 0.15) is 24.0 Å². The summed E-state index contributed by atoms with van der Waals surface area (Å²) in [6, 6.07) is 9.17. The second-order valence-electron chi connectivity index (χ2n) is 3.32. The molecule has 1 unspecified atom stereocenters. The highest BCUT2D eigenvalue weighted by Crippen LogP contribution is 2.14. The summed E-state index contributed by atoms with van der Waals surface area (Å²) in [5, 5.41) is 19.4. The van der Waals surface area contributed by atoms with Crippen LogP contribution in [-0.2, 0) is 0 Å². The largest absolute Gasteiger partial charge is 0.465 e. The van der Waals surface area contributed by atoms with E-state index in [1.165, 1.54) is 0 Å². The molecule has 1 aromatic rings. The highest BCUT2D eigenvalue weighted by Gasteiger charge is 2.06. The lowest BCUT2D eigenvalue weighted by atomic mass is 10.0. The monoisotopic (exact) mass is 204 g/mol. The molecule has 0 spiro atoms. The first-order chi connectivity index (χ1) is 7.13. The van der Waals surface area contributed by atoms with E-state index in [1.54, 1.807) is 12.1 Å². The number of hydrogen-bond acceptors (Lipinski definition) is 2. The summed E-state index contributed by atoms with van der Waals surface area (Å²) in [5.74, 6) is 0.105. The van der Waals surface area contributed by atoms with E-state index < -0.39 is 6.09 Å². The molecule has 0 aliphatic carbocycles. The molecule has 0 bridgehead atoms. The van der Waals surface area contributed by atoms with Gasteiger partial charge < -0.3 is 10.4 Å². The van der Waals surface area contributed by atoms with Crippen LogP contribution < -0.4 is 5.32 Å². The molecule has 2 N–H and O–H groups in total. The van der Waals surface area contributed by atoms with Gasteiger partial charge in [0.05, 0.1) is 11.6 Å². The van der Waals surface area contributed by atoms with Crippen molar-refractivity contribution >= 4 is 6.09 Å². The predicted octanol–water partition coefficient (Wildman–Crippen LogP) is 1.93. The second kappa shape index (κ2) is 5.01. The molecule has 0 saturated carbocycles. The van der Waals surface area contributed by atoms with E-state index in [1.807, 2.05) is 25.1 Å². The minimum Gasteiger partial charge on any atom is -0.465 e. The van der Waals surface area contributed by atoms with Crippen LogP contribution in [0.2, 0.25) is 0 Å². The van der Waals surface area contributed by atoms with E-state index in [4.69, 9.17) is 10.4 Å². The zero-order chi connectivity index (χ0) is 11.3. The molecule has 0 aliphatic heterocycles. The van der Waals surface area contributed by atoms with Crippen LogP contribution in [0.5, 0.6) is 0 Å². The quantitative estimate of drug-likeness (QED) is 0.790. The summed E-state index contributed by atoms with van der Waals surface area (Å²) in [4.78, 5) is 10.3. The molecular formula is C11H12N2O2. The Morgan fingerprint density at radius 2 is 2.13 bits per heavy atom. The maximum Gasteiger partial charge on any atom is 0.404 e. The average molecular weight is 204 g/mol. The number of carboxylic acid groups (broad SMARTS) is 1. The minimum absolute atomic E-state index is 0.105. The lowest BCUT2D eigenvalue weighted by Gasteiger charge is -2.11. The molecule has 1 atom stereocenters. The number of benzene rings is 1. The van der Waals surface area contributed by atoms with Crippen LogP contribution in [0.4, 0.5) is 4.79 Å². The molecule has 1 rings (SSSR count). The molecule has 4 heteroatoms. The van der Waals surface area contributed by atoms with Gasteiger partial charge in [0.2, 0.25) is 0 Å². The van der Waals surface area contributed by atoms with Gasteiger partial charge in [0.25, 0.3) is 0 Å². The van der Waals surface area contributed by atoms with Crippen molar-refractivity contribution in [2.75, 3.05) is 6.54 Å². The number of nitrogens with zero attached hydrogens (tertiary/aromatic N) is 1. The Morgan fingerprint density at radius 1 is 1.53 bits per heavy atom. The summed E-state index contributed by atoms with van der Waals surface area (Å²) in [6.07, 6.45) is -1.02. The number of nitrogens with one attached hydrogen (secondary N) is 1. The predicted molar refractivity (Wildman–Crippen MR) is 55.6 cm³/mol. The van der Waals surface area contributed by atoms with Crippen molar-refractivity contribution in [3.8, 4) is 6.07 Å². The first-order valence-electron chi connectivity index (χ1n) is 4.60. The van der Waals surface area contributed by atoms with Crippen molar-refractivity contribution in [3.05, 3.63) is 35.4 Å². The van der Waals surface area contributed by atoms with Crippen LogP contribution in [-0.4, -0.2) is 17.7 Å². The smallest absolute Gasteiger partial charge is 0.404 e. The molecule has 0 aromatic heterocycles. The van der Waals surface area contributed by atoms with E-state index in [-0.39, 0.29) is 5.92 Å². The molecule has 0 heterocycles. The van der Waals surface area contributed by atoms with E-state index >= 15 is 0 Å². The van der Waals surface area contributed by atoms with Crippen molar-refractivity contribution in [3.63, 3.8) is 0 Å². The van der Waals surface area contributed by atoms with Gasteiger partial charge in [-0.3, -0.25) is 0 Å². The number of nitriles is 1. The van der Waals surface area contributed by atoms with Crippen LogP contribution in [0.3, 0.4) is 0 Å². The SMILES string of the molecule is CC(CNC(=O)O)c1ccc(C#N)cc1. The lowest BCUT2D eigenvalue weighted by molar-refractivity contribution is 0.194. The van der Waals surface area contributed by atoms with Gasteiger partial charge in [-0.25, -0.2) is 4.79 Å². The first kappa shape index (κ1) is 11.1. The molecule has 4 nitrogen and oxygen atoms in total. The van der Waals surface area contributed by atoms with E-state index in [0.29, 0.717) is 12.1 Å². The Balaban J connectivity index is 2.62. The van der Waals surface area contributed by atoms with Gasteiger partial charge in [-0.15, -0.1) is 0 Å². The third kappa shape index (κ3) is 3.31. The fourth-order valence-electron chi connectivity index (χ4n) is 1.24. The standard InChI is InChI=1S/C11H12N2O2/c1-8(7-13-11(14)15)10-4-2-9(6-12)3-5-10/h2-5,8,13H,7H2,1H3,(H,14,15).